The predicted octanol–water partition coefficient (Wildman–Crippen LogP) is 5.71. The summed E-state index contributed by atoms with van der Waals surface area (Å²) in [6.07, 6.45) is 1.00. The Morgan fingerprint density at radius 1 is 1.04 bits per heavy atom. The SMILES string of the molecule is CCCNc1ccc(N)cc1-c1nc2c(-c3cccc(F)c3)cccc2o1. The van der Waals surface area contributed by atoms with Crippen molar-refractivity contribution >= 4 is 22.5 Å². The maximum absolute atomic E-state index is 13.7. The van der Waals surface area contributed by atoms with Gasteiger partial charge in [-0.2, -0.15) is 0 Å². The van der Waals surface area contributed by atoms with Gasteiger partial charge in [-0.05, 0) is 48.4 Å². The molecule has 3 N–H and O–H groups in total. The zero-order valence-corrected chi connectivity index (χ0v) is 15.0. The molecule has 4 nitrogen and oxygen atoms in total. The van der Waals surface area contributed by atoms with Crippen LogP contribution in [0.15, 0.2) is 65.1 Å². The predicted molar refractivity (Wildman–Crippen MR) is 108 cm³/mol. The molecule has 4 aromatic rings. The van der Waals surface area contributed by atoms with Gasteiger partial charge in [0.05, 0.1) is 5.56 Å². The standard InChI is InChI=1S/C22H20FN3O/c1-2-11-25-19-10-9-16(24)13-18(19)22-26-21-17(7-4-8-20(21)27-22)14-5-3-6-15(23)12-14/h3-10,12-13,25H,2,11,24H2,1H3. The summed E-state index contributed by atoms with van der Waals surface area (Å²) in [7, 11) is 0. The first-order valence-electron chi connectivity index (χ1n) is 8.95. The molecule has 0 fully saturated rings. The zero-order chi connectivity index (χ0) is 18.8. The Labute approximate surface area is 156 Å². The molecule has 0 saturated carbocycles. The lowest BCUT2D eigenvalue weighted by atomic mass is 10.0. The van der Waals surface area contributed by atoms with Gasteiger partial charge >= 0.3 is 0 Å². The van der Waals surface area contributed by atoms with Crippen molar-refractivity contribution in [1.82, 2.24) is 4.98 Å². The van der Waals surface area contributed by atoms with E-state index >= 15 is 0 Å². The van der Waals surface area contributed by atoms with Crippen LogP contribution in [0, 0.1) is 5.82 Å². The normalized spacial score (nSPS) is 11.0. The minimum Gasteiger partial charge on any atom is -0.436 e. The van der Waals surface area contributed by atoms with E-state index in [-0.39, 0.29) is 5.82 Å². The van der Waals surface area contributed by atoms with Gasteiger partial charge in [0, 0.05) is 23.5 Å². The summed E-state index contributed by atoms with van der Waals surface area (Å²) in [6.45, 7) is 2.94. The smallest absolute Gasteiger partial charge is 0.229 e. The average Bonchev–Trinajstić information content (AvgIpc) is 3.11. The molecule has 0 saturated heterocycles. The Hall–Kier alpha value is -3.34. The molecule has 1 heterocycles. The number of nitrogen functional groups attached to an aromatic ring is 1. The fourth-order valence-electron chi connectivity index (χ4n) is 3.11. The highest BCUT2D eigenvalue weighted by atomic mass is 19.1. The highest BCUT2D eigenvalue weighted by molar-refractivity contribution is 5.93. The molecule has 0 aliphatic rings. The van der Waals surface area contributed by atoms with Crippen molar-refractivity contribution in [3.05, 3.63) is 66.5 Å². The number of rotatable bonds is 5. The molecule has 0 atom stereocenters. The molecule has 3 aromatic carbocycles. The molecule has 4 rings (SSSR count). The summed E-state index contributed by atoms with van der Waals surface area (Å²) in [5.41, 5.74) is 11.3. The van der Waals surface area contributed by atoms with Gasteiger partial charge in [-0.1, -0.05) is 31.2 Å². The molecule has 0 spiro atoms. The molecular weight excluding hydrogens is 341 g/mol. The number of oxazole rings is 1. The average molecular weight is 361 g/mol. The molecule has 0 aliphatic heterocycles. The number of nitrogens with one attached hydrogen (secondary N) is 1. The van der Waals surface area contributed by atoms with Gasteiger partial charge in [-0.15, -0.1) is 0 Å². The van der Waals surface area contributed by atoms with Crippen LogP contribution in [0.4, 0.5) is 15.8 Å². The summed E-state index contributed by atoms with van der Waals surface area (Å²) < 4.78 is 19.7. The maximum Gasteiger partial charge on any atom is 0.229 e. The van der Waals surface area contributed by atoms with Gasteiger partial charge in [0.2, 0.25) is 5.89 Å². The van der Waals surface area contributed by atoms with Crippen molar-refractivity contribution in [2.45, 2.75) is 13.3 Å². The Morgan fingerprint density at radius 2 is 1.89 bits per heavy atom. The molecule has 0 bridgehead atoms. The van der Waals surface area contributed by atoms with Gasteiger partial charge in [0.1, 0.15) is 11.3 Å². The van der Waals surface area contributed by atoms with Gasteiger partial charge < -0.3 is 15.5 Å². The molecule has 0 aliphatic carbocycles. The van der Waals surface area contributed by atoms with E-state index in [4.69, 9.17) is 15.1 Å². The number of aromatic nitrogens is 1. The fraction of sp³-hybridized carbons (Fsp3) is 0.136. The number of benzene rings is 3. The number of para-hydroxylation sites is 1. The number of nitrogens with two attached hydrogens (primary N) is 1. The molecular formula is C22H20FN3O. The topological polar surface area (TPSA) is 64.1 Å². The van der Waals surface area contributed by atoms with Crippen LogP contribution < -0.4 is 11.1 Å². The summed E-state index contributed by atoms with van der Waals surface area (Å²) in [5.74, 6) is 0.204. The first-order valence-corrected chi connectivity index (χ1v) is 8.95. The molecule has 0 amide bonds. The third-order valence-corrected chi connectivity index (χ3v) is 4.39. The highest BCUT2D eigenvalue weighted by Crippen LogP contribution is 2.35. The van der Waals surface area contributed by atoms with Crippen LogP contribution in [-0.4, -0.2) is 11.5 Å². The molecule has 1 aromatic heterocycles. The molecule has 0 radical (unpaired) electrons. The van der Waals surface area contributed by atoms with Crippen LogP contribution in [0.25, 0.3) is 33.7 Å². The third-order valence-electron chi connectivity index (χ3n) is 4.39. The lowest BCUT2D eigenvalue weighted by molar-refractivity contribution is 0.620. The van der Waals surface area contributed by atoms with E-state index in [1.165, 1.54) is 12.1 Å². The van der Waals surface area contributed by atoms with E-state index in [0.717, 1.165) is 35.3 Å². The first kappa shape index (κ1) is 17.1. The highest BCUT2D eigenvalue weighted by Gasteiger charge is 2.16. The summed E-state index contributed by atoms with van der Waals surface area (Å²) in [5, 5.41) is 3.38. The Bertz CT molecular complexity index is 1100. The number of hydrogen-bond donors (Lipinski definition) is 2. The van der Waals surface area contributed by atoms with Crippen LogP contribution in [0.1, 0.15) is 13.3 Å². The lowest BCUT2D eigenvalue weighted by Crippen LogP contribution is -2.02. The second-order valence-corrected chi connectivity index (χ2v) is 6.41. The zero-order valence-electron chi connectivity index (χ0n) is 15.0. The van der Waals surface area contributed by atoms with Gasteiger partial charge in [-0.3, -0.25) is 0 Å². The van der Waals surface area contributed by atoms with Crippen molar-refractivity contribution in [1.29, 1.82) is 0 Å². The van der Waals surface area contributed by atoms with E-state index < -0.39 is 0 Å². The lowest BCUT2D eigenvalue weighted by Gasteiger charge is -2.09. The monoisotopic (exact) mass is 361 g/mol. The fourth-order valence-corrected chi connectivity index (χ4v) is 3.11. The van der Waals surface area contributed by atoms with E-state index in [1.54, 1.807) is 6.07 Å². The number of nitrogens with zero attached hydrogens (tertiary/aromatic N) is 1. The second kappa shape index (κ2) is 7.11. The quantitative estimate of drug-likeness (QED) is 0.447. The van der Waals surface area contributed by atoms with Crippen molar-refractivity contribution < 1.29 is 8.81 Å². The molecule has 136 valence electrons. The van der Waals surface area contributed by atoms with Gasteiger partial charge in [-0.25, -0.2) is 9.37 Å². The third kappa shape index (κ3) is 3.36. The van der Waals surface area contributed by atoms with E-state index in [1.807, 2.05) is 42.5 Å². The van der Waals surface area contributed by atoms with Crippen LogP contribution in [0.3, 0.4) is 0 Å². The summed E-state index contributed by atoms with van der Waals surface area (Å²) >= 11 is 0. The number of fused-ring (bicyclic) bond motifs is 1. The van der Waals surface area contributed by atoms with Gasteiger partial charge in [0.25, 0.3) is 0 Å². The van der Waals surface area contributed by atoms with Crippen molar-refractivity contribution in [3.8, 4) is 22.6 Å². The largest absolute Gasteiger partial charge is 0.436 e. The molecule has 5 heteroatoms. The van der Waals surface area contributed by atoms with Crippen LogP contribution in [-0.2, 0) is 0 Å². The van der Waals surface area contributed by atoms with Crippen LogP contribution in [0.2, 0.25) is 0 Å². The van der Waals surface area contributed by atoms with Crippen LogP contribution >= 0.6 is 0 Å². The minimum absolute atomic E-state index is 0.282. The van der Waals surface area contributed by atoms with E-state index in [0.29, 0.717) is 22.7 Å². The minimum atomic E-state index is -0.282. The first-order chi connectivity index (χ1) is 13.2. The number of halogens is 1. The number of hydrogen-bond acceptors (Lipinski definition) is 4. The van der Waals surface area contributed by atoms with Crippen molar-refractivity contribution in [3.63, 3.8) is 0 Å². The van der Waals surface area contributed by atoms with E-state index in [9.17, 15) is 4.39 Å². The maximum atomic E-state index is 13.7. The molecule has 27 heavy (non-hydrogen) atoms. The molecule has 0 unspecified atom stereocenters. The van der Waals surface area contributed by atoms with Crippen molar-refractivity contribution in [2.24, 2.45) is 0 Å². The number of anilines is 2. The Balaban J connectivity index is 1.86. The van der Waals surface area contributed by atoms with Crippen molar-refractivity contribution in [2.75, 3.05) is 17.6 Å². The van der Waals surface area contributed by atoms with Gasteiger partial charge in [0.15, 0.2) is 5.58 Å². The summed E-state index contributed by atoms with van der Waals surface area (Å²) in [6, 6.07) is 17.8. The van der Waals surface area contributed by atoms with E-state index in [2.05, 4.69) is 12.2 Å². The summed E-state index contributed by atoms with van der Waals surface area (Å²) in [4.78, 5) is 4.71. The van der Waals surface area contributed by atoms with Crippen LogP contribution in [0.5, 0.6) is 0 Å². The second-order valence-electron chi connectivity index (χ2n) is 6.41. The Kier molecular flexibility index (Phi) is 4.50. The Morgan fingerprint density at radius 3 is 2.70 bits per heavy atom.